The number of benzene rings is 2. The molecule has 0 radical (unpaired) electrons. The van der Waals surface area contributed by atoms with Crippen LogP contribution in [0.25, 0.3) is 11.0 Å². The summed E-state index contributed by atoms with van der Waals surface area (Å²) in [5.41, 5.74) is 1.61. The smallest absolute Gasteiger partial charge is 0.243 e. The molecule has 5 rings (SSSR count). The van der Waals surface area contributed by atoms with Crippen molar-refractivity contribution in [3.8, 4) is 0 Å². The molecule has 2 aliphatic heterocycles. The number of rotatable bonds is 6. The van der Waals surface area contributed by atoms with Crippen molar-refractivity contribution in [2.45, 2.75) is 9.92 Å². The standard InChI is InChI=1S/C24H26BrN5O4S2/c25-18-5-7-19(8-6-18)36(32,33)30-11-9-28(10-12-30)22(31)17-35-24-23(29-13-15-34-16-14-29)26-20-3-1-2-4-21(20)27-24/h1-8H,9-17H2. The molecule has 1 amide bonds. The van der Waals surface area contributed by atoms with Gasteiger partial charge in [0.15, 0.2) is 5.82 Å². The Morgan fingerprint density at radius 1 is 0.917 bits per heavy atom. The van der Waals surface area contributed by atoms with E-state index >= 15 is 0 Å². The predicted molar refractivity (Wildman–Crippen MR) is 143 cm³/mol. The zero-order chi connectivity index (χ0) is 25.1. The molecule has 0 spiro atoms. The van der Waals surface area contributed by atoms with Crippen LogP contribution < -0.4 is 4.90 Å². The van der Waals surface area contributed by atoms with E-state index in [1.165, 1.54) is 16.1 Å². The molecule has 9 nitrogen and oxygen atoms in total. The number of thioether (sulfide) groups is 1. The number of para-hydroxylation sites is 2. The fourth-order valence-corrected chi connectivity index (χ4v) is 6.80. The van der Waals surface area contributed by atoms with Crippen LogP contribution in [0.4, 0.5) is 5.82 Å². The van der Waals surface area contributed by atoms with Crippen molar-refractivity contribution in [2.75, 3.05) is 63.1 Å². The van der Waals surface area contributed by atoms with Gasteiger partial charge in [0, 0.05) is 43.7 Å². The van der Waals surface area contributed by atoms with E-state index in [1.54, 1.807) is 29.2 Å². The Morgan fingerprint density at radius 2 is 1.56 bits per heavy atom. The van der Waals surface area contributed by atoms with Gasteiger partial charge >= 0.3 is 0 Å². The van der Waals surface area contributed by atoms with Gasteiger partial charge in [-0.15, -0.1) is 0 Å². The van der Waals surface area contributed by atoms with Crippen LogP contribution in [0.2, 0.25) is 0 Å². The van der Waals surface area contributed by atoms with Gasteiger partial charge in [0.05, 0.1) is 34.9 Å². The number of ether oxygens (including phenoxy) is 1. The van der Waals surface area contributed by atoms with E-state index in [0.717, 1.165) is 39.4 Å². The molecule has 190 valence electrons. The molecule has 0 unspecified atom stereocenters. The van der Waals surface area contributed by atoms with E-state index in [-0.39, 0.29) is 29.6 Å². The molecule has 2 saturated heterocycles. The van der Waals surface area contributed by atoms with Gasteiger partial charge in [-0.25, -0.2) is 18.4 Å². The fourth-order valence-electron chi connectivity index (χ4n) is 4.21. The first-order chi connectivity index (χ1) is 17.4. The highest BCUT2D eigenvalue weighted by Gasteiger charge is 2.30. The first-order valence-electron chi connectivity index (χ1n) is 11.7. The lowest BCUT2D eigenvalue weighted by atomic mass is 10.3. The Bertz CT molecular complexity index is 1340. The number of nitrogens with zero attached hydrogens (tertiary/aromatic N) is 5. The number of fused-ring (bicyclic) bond motifs is 1. The number of hydrogen-bond donors (Lipinski definition) is 0. The first-order valence-corrected chi connectivity index (χ1v) is 14.9. The number of sulfonamides is 1. The molecule has 0 aliphatic carbocycles. The average Bonchev–Trinajstić information content (AvgIpc) is 2.92. The zero-order valence-electron chi connectivity index (χ0n) is 19.5. The number of aromatic nitrogens is 2. The minimum atomic E-state index is -3.59. The van der Waals surface area contributed by atoms with Gasteiger partial charge in [0.1, 0.15) is 5.03 Å². The number of halogens is 1. The van der Waals surface area contributed by atoms with Crippen LogP contribution in [-0.4, -0.2) is 91.7 Å². The van der Waals surface area contributed by atoms with Crippen molar-refractivity contribution in [3.05, 3.63) is 53.0 Å². The molecule has 2 fully saturated rings. The molecular weight excluding hydrogens is 566 g/mol. The van der Waals surface area contributed by atoms with Crippen LogP contribution >= 0.6 is 27.7 Å². The number of piperazine rings is 1. The van der Waals surface area contributed by atoms with Crippen molar-refractivity contribution in [2.24, 2.45) is 0 Å². The van der Waals surface area contributed by atoms with Crippen LogP contribution in [0.15, 0.2) is 62.9 Å². The second-order valence-electron chi connectivity index (χ2n) is 8.47. The van der Waals surface area contributed by atoms with Crippen LogP contribution in [-0.2, 0) is 19.6 Å². The molecule has 2 aliphatic rings. The van der Waals surface area contributed by atoms with Crippen LogP contribution in [0.3, 0.4) is 0 Å². The number of hydrogen-bond acceptors (Lipinski definition) is 8. The molecule has 3 aromatic rings. The highest BCUT2D eigenvalue weighted by Crippen LogP contribution is 2.30. The minimum Gasteiger partial charge on any atom is -0.378 e. The number of anilines is 1. The molecule has 12 heteroatoms. The number of carbonyl (C=O) groups is 1. The number of carbonyl (C=O) groups excluding carboxylic acids is 1. The Kier molecular flexibility index (Phi) is 7.77. The third-order valence-corrected chi connectivity index (χ3v) is 9.59. The summed E-state index contributed by atoms with van der Waals surface area (Å²) in [6, 6.07) is 14.3. The fraction of sp³-hybridized carbons (Fsp3) is 0.375. The van der Waals surface area contributed by atoms with Crippen molar-refractivity contribution >= 4 is 60.5 Å². The maximum atomic E-state index is 13.0. The van der Waals surface area contributed by atoms with Gasteiger partial charge in [-0.2, -0.15) is 4.31 Å². The lowest BCUT2D eigenvalue weighted by Gasteiger charge is -2.34. The summed E-state index contributed by atoms with van der Waals surface area (Å²) in [6.07, 6.45) is 0. The van der Waals surface area contributed by atoms with E-state index in [0.29, 0.717) is 26.3 Å². The van der Waals surface area contributed by atoms with Crippen molar-refractivity contribution in [3.63, 3.8) is 0 Å². The van der Waals surface area contributed by atoms with E-state index in [2.05, 4.69) is 20.8 Å². The number of morpholine rings is 1. The van der Waals surface area contributed by atoms with Crippen LogP contribution in [0, 0.1) is 0 Å². The molecule has 0 atom stereocenters. The van der Waals surface area contributed by atoms with Crippen molar-refractivity contribution in [1.29, 1.82) is 0 Å². The van der Waals surface area contributed by atoms with Crippen LogP contribution in [0.1, 0.15) is 0 Å². The van der Waals surface area contributed by atoms with Gasteiger partial charge in [-0.05, 0) is 36.4 Å². The highest BCUT2D eigenvalue weighted by atomic mass is 79.9. The molecule has 36 heavy (non-hydrogen) atoms. The lowest BCUT2D eigenvalue weighted by Crippen LogP contribution is -2.51. The van der Waals surface area contributed by atoms with E-state index in [1.807, 2.05) is 24.3 Å². The van der Waals surface area contributed by atoms with Gasteiger partial charge in [-0.3, -0.25) is 4.79 Å². The lowest BCUT2D eigenvalue weighted by molar-refractivity contribution is -0.129. The summed E-state index contributed by atoms with van der Waals surface area (Å²) in [7, 11) is -3.59. The molecule has 0 N–H and O–H groups in total. The first kappa shape index (κ1) is 25.4. The maximum absolute atomic E-state index is 13.0. The van der Waals surface area contributed by atoms with E-state index in [9.17, 15) is 13.2 Å². The Labute approximate surface area is 223 Å². The summed E-state index contributed by atoms with van der Waals surface area (Å²) in [5.74, 6) is 0.952. The second-order valence-corrected chi connectivity index (χ2v) is 12.3. The molecule has 0 saturated carbocycles. The third kappa shape index (κ3) is 5.52. The van der Waals surface area contributed by atoms with Gasteiger partial charge in [0.2, 0.25) is 15.9 Å². The van der Waals surface area contributed by atoms with Gasteiger partial charge in [-0.1, -0.05) is 39.8 Å². The van der Waals surface area contributed by atoms with E-state index < -0.39 is 10.0 Å². The average molecular weight is 593 g/mol. The monoisotopic (exact) mass is 591 g/mol. The maximum Gasteiger partial charge on any atom is 0.243 e. The Balaban J connectivity index is 1.24. The quantitative estimate of drug-likeness (QED) is 0.404. The summed E-state index contributed by atoms with van der Waals surface area (Å²) in [6.45, 7) is 3.96. The van der Waals surface area contributed by atoms with Crippen LogP contribution in [0.5, 0.6) is 0 Å². The van der Waals surface area contributed by atoms with Gasteiger partial charge < -0.3 is 14.5 Å². The SMILES string of the molecule is O=C(CSc1nc2ccccc2nc1N1CCOCC1)N1CCN(S(=O)(=O)c2ccc(Br)cc2)CC1. The number of amides is 1. The normalized spacial score (nSPS) is 17.5. The van der Waals surface area contributed by atoms with Gasteiger partial charge in [0.25, 0.3) is 0 Å². The molecule has 1 aromatic heterocycles. The topological polar surface area (TPSA) is 95.9 Å². The van der Waals surface area contributed by atoms with E-state index in [4.69, 9.17) is 14.7 Å². The Hall–Kier alpha value is -2.25. The Morgan fingerprint density at radius 3 is 2.22 bits per heavy atom. The zero-order valence-corrected chi connectivity index (χ0v) is 22.8. The van der Waals surface area contributed by atoms with Crippen molar-refractivity contribution < 1.29 is 17.9 Å². The second kappa shape index (κ2) is 11.0. The summed E-state index contributed by atoms with van der Waals surface area (Å²) in [5, 5.41) is 0.723. The minimum absolute atomic E-state index is 0.0384. The molecule has 2 aromatic carbocycles. The predicted octanol–water partition coefficient (Wildman–Crippen LogP) is 2.85. The summed E-state index contributed by atoms with van der Waals surface area (Å²) in [4.78, 5) is 26.8. The van der Waals surface area contributed by atoms with Crippen molar-refractivity contribution in [1.82, 2.24) is 19.2 Å². The highest BCUT2D eigenvalue weighted by molar-refractivity contribution is 9.10. The largest absolute Gasteiger partial charge is 0.378 e. The summed E-state index contributed by atoms with van der Waals surface area (Å²) >= 11 is 4.71. The summed E-state index contributed by atoms with van der Waals surface area (Å²) < 4.78 is 33.7. The molecule has 0 bridgehead atoms. The third-order valence-electron chi connectivity index (χ3n) is 6.21. The molecular formula is C24H26BrN5O4S2. The molecule has 3 heterocycles.